The van der Waals surface area contributed by atoms with E-state index in [0.717, 1.165) is 55.6 Å². The van der Waals surface area contributed by atoms with E-state index >= 15 is 0 Å². The summed E-state index contributed by atoms with van der Waals surface area (Å²) in [6.07, 6.45) is 0. The van der Waals surface area contributed by atoms with Gasteiger partial charge in [0.15, 0.2) is 11.6 Å². The maximum Gasteiger partial charge on any atom is 0.160 e. The first-order chi connectivity index (χ1) is 21.3. The van der Waals surface area contributed by atoms with Crippen LogP contribution in [0.5, 0.6) is 0 Å². The largest absolute Gasteiger partial charge is 0.228 e. The maximum atomic E-state index is 5.16. The molecule has 0 radical (unpaired) electrons. The van der Waals surface area contributed by atoms with Crippen LogP contribution in [-0.2, 0) is 0 Å². The molecule has 2 heterocycles. The van der Waals surface area contributed by atoms with Crippen LogP contribution in [0.1, 0.15) is 33.4 Å². The smallest absolute Gasteiger partial charge is 0.160 e. The van der Waals surface area contributed by atoms with Crippen molar-refractivity contribution in [3.05, 3.63) is 106 Å². The highest BCUT2D eigenvalue weighted by molar-refractivity contribution is 6.38. The van der Waals surface area contributed by atoms with Crippen LogP contribution in [0.4, 0.5) is 0 Å². The Bertz CT molecular complexity index is 2320. The van der Waals surface area contributed by atoms with Crippen LogP contribution in [0.15, 0.2) is 72.8 Å². The lowest BCUT2D eigenvalue weighted by molar-refractivity contribution is 1.21. The fraction of sp³-hybridized carbons (Fsp3) is 0.150. The third kappa shape index (κ3) is 3.34. The van der Waals surface area contributed by atoms with E-state index in [-0.39, 0.29) is 0 Å². The van der Waals surface area contributed by atoms with Crippen molar-refractivity contribution >= 4 is 65.2 Å². The van der Waals surface area contributed by atoms with Crippen molar-refractivity contribution in [2.75, 3.05) is 0 Å². The molecule has 9 aromatic rings. The lowest BCUT2D eigenvalue weighted by Crippen LogP contribution is -1.99. The van der Waals surface area contributed by atoms with Gasteiger partial charge in [-0.3, -0.25) is 0 Å². The monoisotopic (exact) mass is 566 g/mol. The van der Waals surface area contributed by atoms with Crippen LogP contribution in [0, 0.1) is 41.5 Å². The summed E-state index contributed by atoms with van der Waals surface area (Å²) in [4.78, 5) is 20.6. The molecule has 0 atom stereocenters. The van der Waals surface area contributed by atoms with E-state index in [0.29, 0.717) is 0 Å². The third-order valence-electron chi connectivity index (χ3n) is 9.52. The number of fused-ring (bicyclic) bond motifs is 2. The predicted octanol–water partition coefficient (Wildman–Crippen LogP) is 10.2. The summed E-state index contributed by atoms with van der Waals surface area (Å²) in [5.41, 5.74) is 13.5. The number of hydrogen-bond donors (Lipinski definition) is 0. The minimum Gasteiger partial charge on any atom is -0.228 e. The molecule has 210 valence electrons. The standard InChI is InChI=1S/C40H30N4/c1-19-15-21(3)33(22(4)16-19)39-41-29-11-7-25-27-9-13-31-38-32(44-40(43-31)34-23(5)17-20(2)18-24(34)6)14-10-28(36(27)38)26-8-12-30(42-39)37(29)35(25)26/h7-18H,1-6H3. The number of nitrogens with zero attached hydrogens (tertiary/aromatic N) is 4. The van der Waals surface area contributed by atoms with Crippen molar-refractivity contribution in [1.82, 2.24) is 19.9 Å². The molecule has 0 aliphatic rings. The van der Waals surface area contributed by atoms with Crippen LogP contribution in [-0.4, -0.2) is 19.9 Å². The molecule has 4 heteroatoms. The second kappa shape index (κ2) is 8.67. The number of aryl methyl sites for hydroxylation is 6. The summed E-state index contributed by atoms with van der Waals surface area (Å²) in [6.45, 7) is 12.9. The number of benzene rings is 7. The van der Waals surface area contributed by atoms with Gasteiger partial charge in [0, 0.05) is 32.7 Å². The van der Waals surface area contributed by atoms with Gasteiger partial charge >= 0.3 is 0 Å². The molecule has 0 N–H and O–H groups in total. The van der Waals surface area contributed by atoms with Crippen molar-refractivity contribution in [3.63, 3.8) is 0 Å². The Morgan fingerprint density at radius 1 is 0.341 bits per heavy atom. The number of aromatic nitrogens is 4. The van der Waals surface area contributed by atoms with Crippen LogP contribution >= 0.6 is 0 Å². The van der Waals surface area contributed by atoms with E-state index < -0.39 is 0 Å². The van der Waals surface area contributed by atoms with Gasteiger partial charge in [0.25, 0.3) is 0 Å². The molecule has 0 bridgehead atoms. The fourth-order valence-corrected chi connectivity index (χ4v) is 7.99. The van der Waals surface area contributed by atoms with Crippen molar-refractivity contribution in [3.8, 4) is 22.8 Å². The van der Waals surface area contributed by atoms with E-state index in [1.54, 1.807) is 0 Å². The van der Waals surface area contributed by atoms with Crippen LogP contribution in [0.3, 0.4) is 0 Å². The van der Waals surface area contributed by atoms with Gasteiger partial charge in [-0.15, -0.1) is 0 Å². The van der Waals surface area contributed by atoms with Gasteiger partial charge in [-0.2, -0.15) is 0 Å². The predicted molar refractivity (Wildman–Crippen MR) is 184 cm³/mol. The highest BCUT2D eigenvalue weighted by Gasteiger charge is 2.21. The summed E-state index contributed by atoms with van der Waals surface area (Å²) in [7, 11) is 0. The molecule has 9 rings (SSSR count). The van der Waals surface area contributed by atoms with E-state index in [4.69, 9.17) is 19.9 Å². The molecule has 4 nitrogen and oxygen atoms in total. The quantitative estimate of drug-likeness (QED) is 0.154. The van der Waals surface area contributed by atoms with Gasteiger partial charge in [0.1, 0.15) is 0 Å². The first-order valence-corrected chi connectivity index (χ1v) is 15.2. The van der Waals surface area contributed by atoms with Crippen molar-refractivity contribution in [1.29, 1.82) is 0 Å². The Balaban J connectivity index is 1.34. The molecule has 44 heavy (non-hydrogen) atoms. The molecular formula is C40H30N4. The molecule has 0 spiro atoms. The molecule has 0 aliphatic heterocycles. The Hall–Kier alpha value is -5.22. The summed E-state index contributed by atoms with van der Waals surface area (Å²) in [5.74, 6) is 1.58. The van der Waals surface area contributed by atoms with E-state index in [2.05, 4.69) is 114 Å². The molecule has 0 amide bonds. The van der Waals surface area contributed by atoms with Gasteiger partial charge < -0.3 is 0 Å². The van der Waals surface area contributed by atoms with Crippen molar-refractivity contribution < 1.29 is 0 Å². The molecule has 0 aliphatic carbocycles. The fourth-order valence-electron chi connectivity index (χ4n) is 7.99. The van der Waals surface area contributed by atoms with Crippen LogP contribution in [0.2, 0.25) is 0 Å². The molecule has 0 fully saturated rings. The zero-order chi connectivity index (χ0) is 30.0. The van der Waals surface area contributed by atoms with Gasteiger partial charge in [-0.25, -0.2) is 19.9 Å². The Kier molecular flexibility index (Phi) is 4.98. The summed E-state index contributed by atoms with van der Waals surface area (Å²) >= 11 is 0. The van der Waals surface area contributed by atoms with Gasteiger partial charge in [0.2, 0.25) is 0 Å². The average Bonchev–Trinajstić information content (AvgIpc) is 2.97. The molecule has 0 saturated carbocycles. The van der Waals surface area contributed by atoms with Gasteiger partial charge in [-0.05, 0) is 110 Å². The van der Waals surface area contributed by atoms with E-state index in [1.807, 2.05) is 0 Å². The van der Waals surface area contributed by atoms with Crippen molar-refractivity contribution in [2.45, 2.75) is 41.5 Å². The molecule has 0 saturated heterocycles. The minimum absolute atomic E-state index is 0.791. The van der Waals surface area contributed by atoms with Crippen LogP contribution < -0.4 is 0 Å². The molecule has 0 unspecified atom stereocenters. The first-order valence-electron chi connectivity index (χ1n) is 15.2. The zero-order valence-corrected chi connectivity index (χ0v) is 25.7. The Morgan fingerprint density at radius 3 is 0.886 bits per heavy atom. The summed E-state index contributed by atoms with van der Waals surface area (Å²) in [5, 5.41) is 9.56. The lowest BCUT2D eigenvalue weighted by atomic mass is 9.88. The number of rotatable bonds is 2. The Morgan fingerprint density at radius 2 is 0.614 bits per heavy atom. The van der Waals surface area contributed by atoms with Gasteiger partial charge in [-0.1, -0.05) is 59.7 Å². The molecular weight excluding hydrogens is 536 g/mol. The topological polar surface area (TPSA) is 51.6 Å². The SMILES string of the molecule is Cc1cc(C)c(-c2nc3ccc4c5ccc6nc(-c7c(C)cc(C)cc7C)nc7ccc(c8ccc(n2)c3c48)c5c67)c(C)c1. The summed E-state index contributed by atoms with van der Waals surface area (Å²) < 4.78 is 0. The van der Waals surface area contributed by atoms with Crippen LogP contribution in [0.25, 0.3) is 87.9 Å². The highest BCUT2D eigenvalue weighted by atomic mass is 14.9. The summed E-state index contributed by atoms with van der Waals surface area (Å²) in [6, 6.07) is 26.5. The van der Waals surface area contributed by atoms with Gasteiger partial charge in [0.05, 0.1) is 22.1 Å². The second-order valence-electron chi connectivity index (χ2n) is 12.7. The minimum atomic E-state index is 0.791. The van der Waals surface area contributed by atoms with Crippen molar-refractivity contribution in [2.24, 2.45) is 0 Å². The third-order valence-corrected chi connectivity index (χ3v) is 9.52. The zero-order valence-electron chi connectivity index (χ0n) is 25.7. The number of hydrogen-bond acceptors (Lipinski definition) is 4. The highest BCUT2D eigenvalue weighted by Crippen LogP contribution is 2.45. The molecule has 2 aromatic heterocycles. The molecule has 7 aromatic carbocycles. The average molecular weight is 567 g/mol. The van der Waals surface area contributed by atoms with E-state index in [1.165, 1.54) is 65.7 Å². The Labute approximate surface area is 255 Å². The first kappa shape index (κ1) is 25.3. The normalized spacial score (nSPS) is 12.3. The lowest BCUT2D eigenvalue weighted by Gasteiger charge is -2.18. The van der Waals surface area contributed by atoms with E-state index in [9.17, 15) is 0 Å². The maximum absolute atomic E-state index is 5.16. The second-order valence-corrected chi connectivity index (χ2v) is 12.7.